The van der Waals surface area contributed by atoms with Crippen LogP contribution < -0.4 is 5.43 Å². The quantitative estimate of drug-likeness (QED) is 0.614. The van der Waals surface area contributed by atoms with Gasteiger partial charge in [-0.05, 0) is 18.3 Å². The van der Waals surface area contributed by atoms with Gasteiger partial charge >= 0.3 is 6.03 Å². The summed E-state index contributed by atoms with van der Waals surface area (Å²) in [6, 6.07) is -0.169. The largest absolute Gasteiger partial charge is 0.337 e. The van der Waals surface area contributed by atoms with E-state index in [1.165, 1.54) is 4.90 Å². The molecule has 0 aliphatic heterocycles. The standard InChI is InChI=1S/C9H17N3O/c1-9(2)5-7(6-9)10-11-8(13)12(3)4/h5-6H2,1-4H3,(H,11,13). The number of nitrogens with one attached hydrogen (secondary N) is 1. The van der Waals surface area contributed by atoms with Crippen LogP contribution in [0.1, 0.15) is 26.7 Å². The molecule has 0 heterocycles. The van der Waals surface area contributed by atoms with E-state index in [1.54, 1.807) is 14.1 Å². The lowest BCUT2D eigenvalue weighted by Gasteiger charge is -2.35. The van der Waals surface area contributed by atoms with Gasteiger partial charge in [-0.3, -0.25) is 0 Å². The summed E-state index contributed by atoms with van der Waals surface area (Å²) in [5, 5.41) is 4.02. The molecule has 0 bridgehead atoms. The van der Waals surface area contributed by atoms with E-state index in [4.69, 9.17) is 0 Å². The van der Waals surface area contributed by atoms with Gasteiger partial charge in [0.05, 0.1) is 0 Å². The minimum atomic E-state index is -0.169. The molecule has 0 aromatic carbocycles. The van der Waals surface area contributed by atoms with Crippen molar-refractivity contribution in [3.63, 3.8) is 0 Å². The van der Waals surface area contributed by atoms with Crippen molar-refractivity contribution in [2.24, 2.45) is 10.5 Å². The van der Waals surface area contributed by atoms with Gasteiger partial charge in [-0.25, -0.2) is 10.2 Å². The molecule has 1 saturated carbocycles. The molecular formula is C9H17N3O. The molecule has 4 nitrogen and oxygen atoms in total. The van der Waals surface area contributed by atoms with Crippen LogP contribution in [-0.2, 0) is 0 Å². The Morgan fingerprint density at radius 3 is 2.38 bits per heavy atom. The normalized spacial score (nSPS) is 18.9. The highest BCUT2D eigenvalue weighted by Crippen LogP contribution is 2.37. The first-order chi connectivity index (χ1) is 5.91. The maximum Gasteiger partial charge on any atom is 0.337 e. The predicted octanol–water partition coefficient (Wildman–Crippen LogP) is 1.43. The Balaban J connectivity index is 2.32. The van der Waals surface area contributed by atoms with Crippen molar-refractivity contribution in [3.8, 4) is 0 Å². The second-order valence-electron chi connectivity index (χ2n) is 4.51. The summed E-state index contributed by atoms with van der Waals surface area (Å²) in [4.78, 5) is 12.5. The van der Waals surface area contributed by atoms with Gasteiger partial charge < -0.3 is 4.90 Å². The van der Waals surface area contributed by atoms with Crippen LogP contribution in [0, 0.1) is 5.41 Å². The number of carbonyl (C=O) groups is 1. The van der Waals surface area contributed by atoms with Crippen LogP contribution >= 0.6 is 0 Å². The van der Waals surface area contributed by atoms with Crippen molar-refractivity contribution < 1.29 is 4.79 Å². The molecule has 1 aliphatic carbocycles. The van der Waals surface area contributed by atoms with Gasteiger partial charge in [-0.1, -0.05) is 13.8 Å². The molecule has 0 radical (unpaired) electrons. The van der Waals surface area contributed by atoms with E-state index in [-0.39, 0.29) is 6.03 Å². The minimum absolute atomic E-state index is 0.169. The highest BCUT2D eigenvalue weighted by molar-refractivity contribution is 5.92. The van der Waals surface area contributed by atoms with Crippen molar-refractivity contribution in [1.29, 1.82) is 0 Å². The summed E-state index contributed by atoms with van der Waals surface area (Å²) in [7, 11) is 3.39. The Kier molecular flexibility index (Phi) is 2.59. The number of nitrogens with zero attached hydrogens (tertiary/aromatic N) is 2. The molecule has 0 aromatic heterocycles. The van der Waals surface area contributed by atoms with Crippen LogP contribution in [0.25, 0.3) is 0 Å². The van der Waals surface area contributed by atoms with Crippen LogP contribution in [0.3, 0.4) is 0 Å². The third-order valence-corrected chi connectivity index (χ3v) is 2.08. The van der Waals surface area contributed by atoms with E-state index in [1.807, 2.05) is 0 Å². The van der Waals surface area contributed by atoms with Crippen LogP contribution in [0.15, 0.2) is 5.10 Å². The zero-order chi connectivity index (χ0) is 10.1. The average Bonchev–Trinajstić information content (AvgIpc) is 1.95. The topological polar surface area (TPSA) is 44.7 Å². The molecule has 4 heteroatoms. The second-order valence-corrected chi connectivity index (χ2v) is 4.51. The predicted molar refractivity (Wildman–Crippen MR) is 52.7 cm³/mol. The van der Waals surface area contributed by atoms with Gasteiger partial charge in [0, 0.05) is 19.8 Å². The van der Waals surface area contributed by atoms with Gasteiger partial charge in [-0.15, -0.1) is 0 Å². The van der Waals surface area contributed by atoms with E-state index in [0.29, 0.717) is 5.41 Å². The lowest BCUT2D eigenvalue weighted by Crippen LogP contribution is -2.36. The number of hydrogen-bond acceptors (Lipinski definition) is 2. The third kappa shape index (κ3) is 2.72. The maximum absolute atomic E-state index is 11.1. The summed E-state index contributed by atoms with van der Waals surface area (Å²) in [5.41, 5.74) is 3.96. The Morgan fingerprint density at radius 2 is 2.00 bits per heavy atom. The number of amides is 2. The van der Waals surface area contributed by atoms with E-state index in [0.717, 1.165) is 18.6 Å². The molecule has 1 aliphatic rings. The van der Waals surface area contributed by atoms with Crippen LogP contribution in [0.2, 0.25) is 0 Å². The molecule has 1 rings (SSSR count). The van der Waals surface area contributed by atoms with E-state index < -0.39 is 0 Å². The van der Waals surface area contributed by atoms with E-state index in [9.17, 15) is 4.79 Å². The van der Waals surface area contributed by atoms with E-state index in [2.05, 4.69) is 24.4 Å². The molecule has 0 saturated heterocycles. The van der Waals surface area contributed by atoms with Crippen molar-refractivity contribution in [2.45, 2.75) is 26.7 Å². The number of hydrogen-bond donors (Lipinski definition) is 1. The molecule has 0 aromatic rings. The van der Waals surface area contributed by atoms with Gasteiger partial charge in [-0.2, -0.15) is 5.10 Å². The maximum atomic E-state index is 11.1. The fourth-order valence-electron chi connectivity index (χ4n) is 1.36. The third-order valence-electron chi connectivity index (χ3n) is 2.08. The van der Waals surface area contributed by atoms with E-state index >= 15 is 0 Å². The Morgan fingerprint density at radius 1 is 1.46 bits per heavy atom. The summed E-state index contributed by atoms with van der Waals surface area (Å²) in [6.45, 7) is 4.39. The first kappa shape index (κ1) is 10.0. The summed E-state index contributed by atoms with van der Waals surface area (Å²) < 4.78 is 0. The average molecular weight is 183 g/mol. The molecule has 0 unspecified atom stereocenters. The molecule has 74 valence electrons. The van der Waals surface area contributed by atoms with Gasteiger partial charge in [0.1, 0.15) is 0 Å². The number of urea groups is 1. The lowest BCUT2D eigenvalue weighted by atomic mass is 9.71. The molecule has 0 atom stereocenters. The zero-order valence-electron chi connectivity index (χ0n) is 8.72. The molecule has 1 fully saturated rings. The SMILES string of the molecule is CN(C)C(=O)NN=C1CC(C)(C)C1. The second kappa shape index (κ2) is 3.36. The van der Waals surface area contributed by atoms with Crippen molar-refractivity contribution in [1.82, 2.24) is 10.3 Å². The fourth-order valence-corrected chi connectivity index (χ4v) is 1.36. The Bertz CT molecular complexity index is 233. The first-order valence-corrected chi connectivity index (χ1v) is 4.43. The summed E-state index contributed by atoms with van der Waals surface area (Å²) >= 11 is 0. The highest BCUT2D eigenvalue weighted by atomic mass is 16.2. The first-order valence-electron chi connectivity index (χ1n) is 4.43. The summed E-state index contributed by atoms with van der Waals surface area (Å²) in [5.74, 6) is 0. The van der Waals surface area contributed by atoms with Crippen molar-refractivity contribution in [2.75, 3.05) is 14.1 Å². The number of carbonyl (C=O) groups excluding carboxylic acids is 1. The molecule has 1 N–H and O–H groups in total. The number of hydrazone groups is 1. The molecule has 2 amide bonds. The van der Waals surface area contributed by atoms with Crippen LogP contribution in [-0.4, -0.2) is 30.7 Å². The van der Waals surface area contributed by atoms with Gasteiger partial charge in [0.15, 0.2) is 0 Å². The monoisotopic (exact) mass is 183 g/mol. The lowest BCUT2D eigenvalue weighted by molar-refractivity contribution is 0.217. The minimum Gasteiger partial charge on any atom is -0.329 e. The van der Waals surface area contributed by atoms with Gasteiger partial charge in [0.25, 0.3) is 0 Å². The van der Waals surface area contributed by atoms with Crippen LogP contribution in [0.4, 0.5) is 4.79 Å². The Labute approximate surface area is 79.0 Å². The van der Waals surface area contributed by atoms with Crippen molar-refractivity contribution >= 4 is 11.7 Å². The Hall–Kier alpha value is -1.06. The summed E-state index contributed by atoms with van der Waals surface area (Å²) in [6.07, 6.45) is 1.97. The molecule has 13 heavy (non-hydrogen) atoms. The fraction of sp³-hybridized carbons (Fsp3) is 0.778. The highest BCUT2D eigenvalue weighted by Gasteiger charge is 2.32. The number of rotatable bonds is 1. The van der Waals surface area contributed by atoms with Crippen molar-refractivity contribution in [3.05, 3.63) is 0 Å². The van der Waals surface area contributed by atoms with Gasteiger partial charge in [0.2, 0.25) is 0 Å². The smallest absolute Gasteiger partial charge is 0.329 e. The zero-order valence-corrected chi connectivity index (χ0v) is 8.72. The molecular weight excluding hydrogens is 166 g/mol. The van der Waals surface area contributed by atoms with Crippen LogP contribution in [0.5, 0.6) is 0 Å². The molecule has 0 spiro atoms.